The molecule has 0 amide bonds. The van der Waals surface area contributed by atoms with Crippen LogP contribution in [0.4, 0.5) is 11.5 Å². The summed E-state index contributed by atoms with van der Waals surface area (Å²) >= 11 is 0. The van der Waals surface area contributed by atoms with Gasteiger partial charge in [-0.15, -0.1) is 0 Å². The minimum absolute atomic E-state index is 0.425. The van der Waals surface area contributed by atoms with Crippen molar-refractivity contribution in [3.8, 4) is 16.8 Å². The van der Waals surface area contributed by atoms with Crippen molar-refractivity contribution >= 4 is 22.5 Å². The van der Waals surface area contributed by atoms with Gasteiger partial charge in [0.2, 0.25) is 0 Å². The molecule has 0 spiro atoms. The van der Waals surface area contributed by atoms with Crippen LogP contribution in [-0.4, -0.2) is 9.55 Å². The first-order valence-corrected chi connectivity index (χ1v) is 12.0. The van der Waals surface area contributed by atoms with Crippen molar-refractivity contribution in [3.63, 3.8) is 0 Å². The van der Waals surface area contributed by atoms with Gasteiger partial charge in [0.25, 0.3) is 0 Å². The number of pyridine rings is 1. The van der Waals surface area contributed by atoms with E-state index in [4.69, 9.17) is 4.98 Å². The van der Waals surface area contributed by atoms with Crippen LogP contribution in [0.5, 0.6) is 0 Å². The minimum atomic E-state index is 0.425. The van der Waals surface area contributed by atoms with Gasteiger partial charge >= 0.3 is 0 Å². The smallest absolute Gasteiger partial charge is 0.146 e. The van der Waals surface area contributed by atoms with Crippen LogP contribution < -0.4 is 5.32 Å². The molecule has 0 saturated heterocycles. The van der Waals surface area contributed by atoms with Crippen LogP contribution in [0.25, 0.3) is 27.8 Å². The van der Waals surface area contributed by atoms with Gasteiger partial charge in [-0.2, -0.15) is 0 Å². The third kappa shape index (κ3) is 4.22. The van der Waals surface area contributed by atoms with E-state index in [0.29, 0.717) is 11.8 Å². The zero-order chi connectivity index (χ0) is 23.7. The van der Waals surface area contributed by atoms with Gasteiger partial charge < -0.3 is 9.88 Å². The summed E-state index contributed by atoms with van der Waals surface area (Å²) in [6.07, 6.45) is 2.10. The van der Waals surface area contributed by atoms with Crippen molar-refractivity contribution in [2.75, 3.05) is 5.32 Å². The van der Waals surface area contributed by atoms with Crippen molar-refractivity contribution in [1.82, 2.24) is 9.55 Å². The Morgan fingerprint density at radius 3 is 2.06 bits per heavy atom. The molecule has 0 atom stereocenters. The third-order valence-corrected chi connectivity index (χ3v) is 6.39. The van der Waals surface area contributed by atoms with E-state index in [9.17, 15) is 0 Å². The third-order valence-electron chi connectivity index (χ3n) is 6.39. The molecule has 1 N–H and O–H groups in total. The summed E-state index contributed by atoms with van der Waals surface area (Å²) in [4.78, 5) is 5.06. The SMILES string of the molecule is CC(C)c1cccc(C(C)C)c1Nc1ccc2ccn(-c3cccc(-c4ccccc4)c3)c2n1. The predicted octanol–water partition coefficient (Wildman–Crippen LogP) is 8.68. The summed E-state index contributed by atoms with van der Waals surface area (Å²) in [5.41, 5.74) is 8.28. The molecule has 0 radical (unpaired) electrons. The number of anilines is 2. The van der Waals surface area contributed by atoms with Gasteiger partial charge in [0, 0.05) is 23.0 Å². The normalized spacial score (nSPS) is 11.5. The number of benzene rings is 3. The highest BCUT2D eigenvalue weighted by molar-refractivity contribution is 5.81. The molecule has 0 unspecified atom stereocenters. The molecular formula is C31H31N3. The van der Waals surface area contributed by atoms with E-state index < -0.39 is 0 Å². The maximum absolute atomic E-state index is 5.06. The van der Waals surface area contributed by atoms with E-state index in [1.54, 1.807) is 0 Å². The second-order valence-corrected chi connectivity index (χ2v) is 9.46. The van der Waals surface area contributed by atoms with Crippen LogP contribution in [0.3, 0.4) is 0 Å². The fourth-order valence-corrected chi connectivity index (χ4v) is 4.57. The average Bonchev–Trinajstić information content (AvgIpc) is 3.28. The molecule has 3 aromatic carbocycles. The Labute approximate surface area is 202 Å². The lowest BCUT2D eigenvalue weighted by molar-refractivity contribution is 0.838. The summed E-state index contributed by atoms with van der Waals surface area (Å²) in [6, 6.07) is 32.1. The standard InChI is InChI=1S/C31H31N3/c1-21(2)27-14-9-15-28(22(3)4)30(27)32-29-17-16-24-18-19-34(31(24)33-29)26-13-8-12-25(20-26)23-10-6-5-7-11-23/h5-22H,1-4H3,(H,32,33). The van der Waals surface area contributed by atoms with Gasteiger partial charge in [0.15, 0.2) is 0 Å². The predicted molar refractivity (Wildman–Crippen MR) is 144 cm³/mol. The molecule has 2 heterocycles. The Morgan fingerprint density at radius 1 is 0.676 bits per heavy atom. The second kappa shape index (κ2) is 9.18. The monoisotopic (exact) mass is 445 g/mol. The quantitative estimate of drug-likeness (QED) is 0.283. The molecule has 34 heavy (non-hydrogen) atoms. The lowest BCUT2D eigenvalue weighted by Gasteiger charge is -2.20. The summed E-state index contributed by atoms with van der Waals surface area (Å²) in [5.74, 6) is 1.71. The van der Waals surface area contributed by atoms with E-state index in [2.05, 4.69) is 129 Å². The number of rotatable bonds is 6. The molecular weight excluding hydrogens is 414 g/mol. The van der Waals surface area contributed by atoms with E-state index >= 15 is 0 Å². The summed E-state index contributed by atoms with van der Waals surface area (Å²) < 4.78 is 2.17. The Hall–Kier alpha value is -3.85. The molecule has 0 aliphatic carbocycles. The second-order valence-electron chi connectivity index (χ2n) is 9.46. The Morgan fingerprint density at radius 2 is 1.35 bits per heavy atom. The maximum Gasteiger partial charge on any atom is 0.146 e. The number of aromatic nitrogens is 2. The van der Waals surface area contributed by atoms with Crippen LogP contribution in [0, 0.1) is 0 Å². The molecule has 170 valence electrons. The van der Waals surface area contributed by atoms with Crippen LogP contribution in [0.2, 0.25) is 0 Å². The highest BCUT2D eigenvalue weighted by Gasteiger charge is 2.15. The minimum Gasteiger partial charge on any atom is -0.340 e. The lowest BCUT2D eigenvalue weighted by atomic mass is 9.92. The van der Waals surface area contributed by atoms with E-state index in [-0.39, 0.29) is 0 Å². The first kappa shape index (κ1) is 22.0. The van der Waals surface area contributed by atoms with Crippen molar-refractivity contribution in [1.29, 1.82) is 0 Å². The maximum atomic E-state index is 5.06. The Kier molecular flexibility index (Phi) is 5.93. The van der Waals surface area contributed by atoms with Gasteiger partial charge in [0.05, 0.1) is 0 Å². The topological polar surface area (TPSA) is 29.9 Å². The molecule has 0 bridgehead atoms. The van der Waals surface area contributed by atoms with E-state index in [1.165, 1.54) is 27.9 Å². The first-order valence-electron chi connectivity index (χ1n) is 12.0. The number of hydrogen-bond acceptors (Lipinski definition) is 2. The largest absolute Gasteiger partial charge is 0.340 e. The Balaban J connectivity index is 1.56. The summed E-state index contributed by atoms with van der Waals surface area (Å²) in [7, 11) is 0. The fraction of sp³-hybridized carbons (Fsp3) is 0.194. The van der Waals surface area contributed by atoms with Gasteiger partial charge in [-0.1, -0.05) is 88.4 Å². The van der Waals surface area contributed by atoms with Crippen LogP contribution in [0.1, 0.15) is 50.7 Å². The van der Waals surface area contributed by atoms with Crippen LogP contribution in [0.15, 0.2) is 97.2 Å². The van der Waals surface area contributed by atoms with Gasteiger partial charge in [0.1, 0.15) is 11.5 Å². The molecule has 0 saturated carbocycles. The molecule has 5 aromatic rings. The lowest BCUT2D eigenvalue weighted by Crippen LogP contribution is -2.05. The number of hydrogen-bond donors (Lipinski definition) is 1. The first-order chi connectivity index (χ1) is 16.5. The highest BCUT2D eigenvalue weighted by atomic mass is 15.1. The van der Waals surface area contributed by atoms with Gasteiger partial charge in [-0.3, -0.25) is 0 Å². The van der Waals surface area contributed by atoms with Gasteiger partial charge in [-0.25, -0.2) is 4.98 Å². The number of para-hydroxylation sites is 1. The summed E-state index contributed by atoms with van der Waals surface area (Å²) in [6.45, 7) is 8.97. The summed E-state index contributed by atoms with van der Waals surface area (Å²) in [5, 5.41) is 4.80. The zero-order valence-electron chi connectivity index (χ0n) is 20.3. The van der Waals surface area contributed by atoms with E-state index in [0.717, 1.165) is 22.5 Å². The van der Waals surface area contributed by atoms with Crippen molar-refractivity contribution in [3.05, 3.63) is 108 Å². The highest BCUT2D eigenvalue weighted by Crippen LogP contribution is 2.35. The molecule has 3 nitrogen and oxygen atoms in total. The zero-order valence-corrected chi connectivity index (χ0v) is 20.3. The van der Waals surface area contributed by atoms with E-state index in [1.807, 2.05) is 6.07 Å². The Bertz CT molecular complexity index is 1400. The number of nitrogens with one attached hydrogen (secondary N) is 1. The van der Waals surface area contributed by atoms with Crippen molar-refractivity contribution in [2.45, 2.75) is 39.5 Å². The van der Waals surface area contributed by atoms with Gasteiger partial charge in [-0.05, 0) is 64.4 Å². The molecule has 5 rings (SSSR count). The number of nitrogens with zero attached hydrogens (tertiary/aromatic N) is 2. The van der Waals surface area contributed by atoms with Crippen molar-refractivity contribution < 1.29 is 0 Å². The molecule has 0 aliphatic rings. The fourth-order valence-electron chi connectivity index (χ4n) is 4.57. The average molecular weight is 446 g/mol. The van der Waals surface area contributed by atoms with Crippen LogP contribution in [-0.2, 0) is 0 Å². The molecule has 2 aromatic heterocycles. The van der Waals surface area contributed by atoms with Crippen LogP contribution >= 0.6 is 0 Å². The molecule has 3 heteroatoms. The molecule has 0 fully saturated rings. The molecule has 0 aliphatic heterocycles. The number of fused-ring (bicyclic) bond motifs is 1. The van der Waals surface area contributed by atoms with Crippen molar-refractivity contribution in [2.24, 2.45) is 0 Å².